The van der Waals surface area contributed by atoms with Gasteiger partial charge in [0.1, 0.15) is 6.04 Å². The van der Waals surface area contributed by atoms with Gasteiger partial charge in [-0.3, -0.25) is 14.5 Å². The lowest BCUT2D eigenvalue weighted by atomic mass is 10.1. The highest BCUT2D eigenvalue weighted by Crippen LogP contribution is 2.28. The summed E-state index contributed by atoms with van der Waals surface area (Å²) in [6, 6.07) is -0.722. The number of halogens is 3. The van der Waals surface area contributed by atoms with Gasteiger partial charge in [0, 0.05) is 38.3 Å². The quantitative estimate of drug-likeness (QED) is 0.710. The molecule has 2 aliphatic heterocycles. The van der Waals surface area contributed by atoms with E-state index in [0.29, 0.717) is 30.8 Å². The fourth-order valence-corrected chi connectivity index (χ4v) is 4.19. The molecule has 6 nitrogen and oxygen atoms in total. The smallest absolute Gasteiger partial charge is 0.338 e. The topological polar surface area (TPSA) is 47.1 Å². The SMILES string of the molecule is CC1CN(C(=O)C2CCCN2C(=O)C(F)(F)F)CC(C)N1CCCN(C)C. The number of carbonyl (C=O) groups excluding carboxylic acids is 2. The van der Waals surface area contributed by atoms with E-state index in [1.54, 1.807) is 4.90 Å². The molecular weight excluding hydrogens is 361 g/mol. The molecule has 0 bridgehead atoms. The molecule has 27 heavy (non-hydrogen) atoms. The van der Waals surface area contributed by atoms with E-state index in [1.165, 1.54) is 0 Å². The third-order valence-corrected chi connectivity index (χ3v) is 5.48. The predicted octanol–water partition coefficient (Wildman–Crippen LogP) is 1.41. The molecule has 2 aliphatic rings. The fourth-order valence-electron chi connectivity index (χ4n) is 4.19. The highest BCUT2D eigenvalue weighted by molar-refractivity contribution is 5.90. The van der Waals surface area contributed by atoms with Crippen LogP contribution in [0.5, 0.6) is 0 Å². The lowest BCUT2D eigenvalue weighted by molar-refractivity contribution is -0.187. The van der Waals surface area contributed by atoms with Gasteiger partial charge in [-0.2, -0.15) is 13.2 Å². The second-order valence-corrected chi connectivity index (χ2v) is 7.99. The lowest BCUT2D eigenvalue weighted by Crippen LogP contribution is -2.61. The Labute approximate surface area is 159 Å². The van der Waals surface area contributed by atoms with Crippen molar-refractivity contribution >= 4 is 11.8 Å². The Morgan fingerprint density at radius 3 is 2.22 bits per heavy atom. The maximum Gasteiger partial charge on any atom is 0.471 e. The Bertz CT molecular complexity index is 529. The van der Waals surface area contributed by atoms with E-state index in [9.17, 15) is 22.8 Å². The van der Waals surface area contributed by atoms with E-state index >= 15 is 0 Å². The van der Waals surface area contributed by atoms with Crippen LogP contribution in [0, 0.1) is 0 Å². The van der Waals surface area contributed by atoms with Gasteiger partial charge in [0.15, 0.2) is 0 Å². The molecule has 9 heteroatoms. The largest absolute Gasteiger partial charge is 0.471 e. The maximum atomic E-state index is 12.9. The number of alkyl halides is 3. The van der Waals surface area contributed by atoms with Crippen molar-refractivity contribution in [3.63, 3.8) is 0 Å². The Kier molecular flexibility index (Phi) is 7.13. The minimum atomic E-state index is -4.94. The molecule has 2 rings (SSSR count). The second kappa shape index (κ2) is 8.77. The zero-order valence-electron chi connectivity index (χ0n) is 16.6. The molecule has 2 heterocycles. The number of hydrogen-bond donors (Lipinski definition) is 0. The van der Waals surface area contributed by atoms with Crippen LogP contribution in [0.15, 0.2) is 0 Å². The molecule has 0 N–H and O–H groups in total. The van der Waals surface area contributed by atoms with Crippen LogP contribution in [-0.2, 0) is 9.59 Å². The van der Waals surface area contributed by atoms with Gasteiger partial charge < -0.3 is 14.7 Å². The third kappa shape index (κ3) is 5.34. The van der Waals surface area contributed by atoms with Crippen molar-refractivity contribution in [2.75, 3.05) is 46.8 Å². The van der Waals surface area contributed by atoms with Crippen LogP contribution < -0.4 is 0 Å². The van der Waals surface area contributed by atoms with E-state index < -0.39 is 18.1 Å². The summed E-state index contributed by atoms with van der Waals surface area (Å²) in [6.07, 6.45) is -3.19. The normalized spacial score (nSPS) is 27.5. The number of nitrogens with zero attached hydrogens (tertiary/aromatic N) is 4. The van der Waals surface area contributed by atoms with Gasteiger partial charge in [0.2, 0.25) is 5.91 Å². The van der Waals surface area contributed by atoms with Crippen molar-refractivity contribution in [2.24, 2.45) is 0 Å². The summed E-state index contributed by atoms with van der Waals surface area (Å²) in [5.41, 5.74) is 0. The summed E-state index contributed by atoms with van der Waals surface area (Å²) in [4.78, 5) is 31.3. The lowest BCUT2D eigenvalue weighted by Gasteiger charge is -2.45. The molecule has 2 amide bonds. The van der Waals surface area contributed by atoms with Gasteiger partial charge in [-0.25, -0.2) is 0 Å². The van der Waals surface area contributed by atoms with Crippen molar-refractivity contribution in [2.45, 2.75) is 57.4 Å². The summed E-state index contributed by atoms with van der Waals surface area (Å²) >= 11 is 0. The molecule has 2 saturated heterocycles. The van der Waals surface area contributed by atoms with Gasteiger partial charge in [-0.1, -0.05) is 0 Å². The number of hydrogen-bond acceptors (Lipinski definition) is 4. The van der Waals surface area contributed by atoms with Crippen LogP contribution in [-0.4, -0.2) is 103 Å². The molecule has 0 aliphatic carbocycles. The summed E-state index contributed by atoms with van der Waals surface area (Å²) in [5.74, 6) is -2.25. The Morgan fingerprint density at radius 2 is 1.70 bits per heavy atom. The summed E-state index contributed by atoms with van der Waals surface area (Å²) < 4.78 is 38.4. The minimum absolute atomic E-state index is 0.00957. The van der Waals surface area contributed by atoms with Crippen molar-refractivity contribution in [3.8, 4) is 0 Å². The first-order valence-electron chi connectivity index (χ1n) is 9.59. The standard InChI is InChI=1S/C18H31F3N4O2/c1-13-11-23(12-14(2)24(13)10-6-8-22(3)4)16(26)15-7-5-9-25(15)17(27)18(19,20)21/h13-15H,5-12H2,1-4H3. The average Bonchev–Trinajstić information content (AvgIpc) is 3.03. The van der Waals surface area contributed by atoms with Crippen molar-refractivity contribution in [1.82, 2.24) is 19.6 Å². The Balaban J connectivity index is 1.98. The average molecular weight is 392 g/mol. The monoisotopic (exact) mass is 392 g/mol. The summed E-state index contributed by atoms with van der Waals surface area (Å²) in [7, 11) is 4.05. The molecule has 3 unspecified atom stereocenters. The molecule has 156 valence electrons. The van der Waals surface area contributed by atoms with Crippen LogP contribution in [0.3, 0.4) is 0 Å². The van der Waals surface area contributed by atoms with Crippen molar-refractivity contribution in [3.05, 3.63) is 0 Å². The highest BCUT2D eigenvalue weighted by atomic mass is 19.4. The molecule has 0 spiro atoms. The highest BCUT2D eigenvalue weighted by Gasteiger charge is 2.48. The predicted molar refractivity (Wildman–Crippen MR) is 96.2 cm³/mol. The molecule has 3 atom stereocenters. The second-order valence-electron chi connectivity index (χ2n) is 7.99. The first-order valence-corrected chi connectivity index (χ1v) is 9.59. The number of carbonyl (C=O) groups is 2. The van der Waals surface area contributed by atoms with E-state index in [0.717, 1.165) is 19.5 Å². The number of amides is 2. The van der Waals surface area contributed by atoms with Gasteiger partial charge >= 0.3 is 12.1 Å². The summed E-state index contributed by atoms with van der Waals surface area (Å²) in [6.45, 7) is 6.94. The first-order chi connectivity index (χ1) is 12.5. The van der Waals surface area contributed by atoms with Crippen LogP contribution in [0.2, 0.25) is 0 Å². The molecular formula is C18H31F3N4O2. The molecule has 2 fully saturated rings. The minimum Gasteiger partial charge on any atom is -0.338 e. The van der Waals surface area contributed by atoms with Crippen LogP contribution >= 0.6 is 0 Å². The first kappa shape index (κ1) is 21.9. The molecule has 0 aromatic heterocycles. The fraction of sp³-hybridized carbons (Fsp3) is 0.889. The molecule has 0 radical (unpaired) electrons. The zero-order chi connectivity index (χ0) is 20.4. The third-order valence-electron chi connectivity index (χ3n) is 5.48. The van der Waals surface area contributed by atoms with E-state index in [-0.39, 0.29) is 24.5 Å². The van der Waals surface area contributed by atoms with Crippen LogP contribution in [0.4, 0.5) is 13.2 Å². The van der Waals surface area contributed by atoms with E-state index in [1.807, 2.05) is 27.9 Å². The van der Waals surface area contributed by atoms with Crippen molar-refractivity contribution < 1.29 is 22.8 Å². The van der Waals surface area contributed by atoms with Gasteiger partial charge in [-0.15, -0.1) is 0 Å². The zero-order valence-corrected chi connectivity index (χ0v) is 16.6. The summed E-state index contributed by atoms with van der Waals surface area (Å²) in [5, 5.41) is 0. The van der Waals surface area contributed by atoms with Gasteiger partial charge in [-0.05, 0) is 53.8 Å². The van der Waals surface area contributed by atoms with Crippen LogP contribution in [0.25, 0.3) is 0 Å². The van der Waals surface area contributed by atoms with Gasteiger partial charge in [0.25, 0.3) is 0 Å². The molecule has 0 aromatic rings. The number of rotatable bonds is 5. The number of piperazine rings is 1. The Hall–Kier alpha value is -1.35. The van der Waals surface area contributed by atoms with Crippen LogP contribution in [0.1, 0.15) is 33.1 Å². The Morgan fingerprint density at radius 1 is 1.11 bits per heavy atom. The van der Waals surface area contributed by atoms with Gasteiger partial charge in [0.05, 0.1) is 0 Å². The molecule has 0 aromatic carbocycles. The number of likely N-dealkylation sites (tertiary alicyclic amines) is 1. The maximum absolute atomic E-state index is 12.9. The van der Waals surface area contributed by atoms with E-state index in [4.69, 9.17) is 0 Å². The molecule has 0 saturated carbocycles. The van der Waals surface area contributed by atoms with Crippen molar-refractivity contribution in [1.29, 1.82) is 0 Å². The van der Waals surface area contributed by atoms with E-state index in [2.05, 4.69) is 9.80 Å².